The van der Waals surface area contributed by atoms with Gasteiger partial charge in [0.05, 0.1) is 0 Å². The number of fused-ring (bicyclic) bond motifs is 1. The average molecular weight is 232 g/mol. The number of anilines is 1. The molecule has 90 valence electrons. The second-order valence-electron chi connectivity index (χ2n) is 4.77. The molecule has 3 heterocycles. The fraction of sp³-hybridized carbons (Fsp3) is 0.545. The van der Waals surface area contributed by atoms with Crippen LogP contribution in [-0.4, -0.2) is 38.7 Å². The van der Waals surface area contributed by atoms with Crippen LogP contribution >= 0.6 is 0 Å². The van der Waals surface area contributed by atoms with Gasteiger partial charge in [0.2, 0.25) is 0 Å². The molecular formula is C11H16N6. The molecule has 6 nitrogen and oxygen atoms in total. The van der Waals surface area contributed by atoms with Crippen molar-refractivity contribution in [2.45, 2.75) is 19.9 Å². The maximum absolute atomic E-state index is 6.06. The summed E-state index contributed by atoms with van der Waals surface area (Å²) in [5.74, 6) is 2.18. The Kier molecular flexibility index (Phi) is 2.25. The molecule has 3 rings (SSSR count). The molecule has 1 aliphatic heterocycles. The van der Waals surface area contributed by atoms with E-state index in [2.05, 4.69) is 26.9 Å². The summed E-state index contributed by atoms with van der Waals surface area (Å²) in [6.45, 7) is 5.97. The number of hydrogen-bond acceptors (Lipinski definition) is 5. The highest BCUT2D eigenvalue weighted by molar-refractivity contribution is 5.48. The van der Waals surface area contributed by atoms with Gasteiger partial charge in [0.15, 0.2) is 0 Å². The Balaban J connectivity index is 2.08. The molecule has 0 aromatic carbocycles. The number of aryl methyl sites for hydroxylation is 1. The Labute approximate surface area is 99.5 Å². The molecule has 2 N–H and O–H groups in total. The lowest BCUT2D eigenvalue weighted by Gasteiger charge is -2.18. The van der Waals surface area contributed by atoms with E-state index in [4.69, 9.17) is 5.73 Å². The first-order valence-electron chi connectivity index (χ1n) is 5.83. The van der Waals surface area contributed by atoms with Crippen molar-refractivity contribution in [1.82, 2.24) is 19.6 Å². The number of aromatic nitrogens is 4. The van der Waals surface area contributed by atoms with Crippen LogP contribution in [0.3, 0.4) is 0 Å². The number of nitrogens with zero attached hydrogens (tertiary/aromatic N) is 5. The van der Waals surface area contributed by atoms with E-state index in [1.807, 2.05) is 13.0 Å². The van der Waals surface area contributed by atoms with Gasteiger partial charge >= 0.3 is 0 Å². The molecule has 2 unspecified atom stereocenters. The van der Waals surface area contributed by atoms with Gasteiger partial charge in [-0.15, -0.1) is 0 Å². The van der Waals surface area contributed by atoms with Crippen molar-refractivity contribution < 1.29 is 0 Å². The lowest BCUT2D eigenvalue weighted by Crippen LogP contribution is -2.29. The Morgan fingerprint density at radius 1 is 1.41 bits per heavy atom. The second-order valence-corrected chi connectivity index (χ2v) is 4.77. The molecule has 2 atom stereocenters. The minimum Gasteiger partial charge on any atom is -0.355 e. The Hall–Kier alpha value is -1.69. The Bertz CT molecular complexity index is 538. The van der Waals surface area contributed by atoms with Crippen molar-refractivity contribution in [3.63, 3.8) is 0 Å². The molecule has 6 heteroatoms. The molecule has 0 aliphatic carbocycles. The summed E-state index contributed by atoms with van der Waals surface area (Å²) in [4.78, 5) is 10.7. The number of hydrogen-bond donors (Lipinski definition) is 1. The smallest absolute Gasteiger partial charge is 0.254 e. The quantitative estimate of drug-likeness (QED) is 0.761. The predicted molar refractivity (Wildman–Crippen MR) is 64.9 cm³/mol. The van der Waals surface area contributed by atoms with E-state index < -0.39 is 0 Å². The fourth-order valence-corrected chi connectivity index (χ4v) is 2.32. The highest BCUT2D eigenvalue weighted by atomic mass is 15.4. The number of rotatable bonds is 1. The molecule has 1 saturated heterocycles. The van der Waals surface area contributed by atoms with Crippen molar-refractivity contribution in [2.24, 2.45) is 11.7 Å². The van der Waals surface area contributed by atoms with E-state index in [-0.39, 0.29) is 6.04 Å². The topological polar surface area (TPSA) is 72.3 Å². The summed E-state index contributed by atoms with van der Waals surface area (Å²) in [6.07, 6.45) is 1.53. The summed E-state index contributed by atoms with van der Waals surface area (Å²) < 4.78 is 1.78. The van der Waals surface area contributed by atoms with Crippen LogP contribution in [0, 0.1) is 12.8 Å². The Morgan fingerprint density at radius 2 is 2.24 bits per heavy atom. The van der Waals surface area contributed by atoms with Crippen LogP contribution in [0.5, 0.6) is 0 Å². The molecule has 0 spiro atoms. The zero-order valence-corrected chi connectivity index (χ0v) is 10.0. The summed E-state index contributed by atoms with van der Waals surface area (Å²) in [5.41, 5.74) is 7.01. The van der Waals surface area contributed by atoms with Crippen molar-refractivity contribution in [2.75, 3.05) is 18.0 Å². The van der Waals surface area contributed by atoms with Crippen LogP contribution in [0.4, 0.5) is 5.82 Å². The van der Waals surface area contributed by atoms with Crippen molar-refractivity contribution in [3.8, 4) is 0 Å². The van der Waals surface area contributed by atoms with Crippen LogP contribution in [-0.2, 0) is 0 Å². The van der Waals surface area contributed by atoms with E-state index in [9.17, 15) is 0 Å². The molecule has 2 aromatic heterocycles. The molecule has 17 heavy (non-hydrogen) atoms. The zero-order chi connectivity index (χ0) is 12.0. The number of nitrogens with two attached hydrogens (primary N) is 1. The largest absolute Gasteiger partial charge is 0.355 e. The summed E-state index contributed by atoms with van der Waals surface area (Å²) in [6, 6.07) is 2.26. The first-order valence-corrected chi connectivity index (χ1v) is 5.83. The van der Waals surface area contributed by atoms with E-state index in [0.717, 1.165) is 24.6 Å². The van der Waals surface area contributed by atoms with Gasteiger partial charge in [-0.1, -0.05) is 6.92 Å². The standard InChI is InChI=1S/C11H16N6/c1-7-4-16(5-9(7)12)10-3-8(2)15-11-13-6-14-17(10)11/h3,6-7,9H,4-5,12H2,1-2H3. The minimum absolute atomic E-state index is 0.224. The van der Waals surface area contributed by atoms with Gasteiger partial charge in [-0.05, 0) is 12.8 Å². The first-order chi connectivity index (χ1) is 8.15. The van der Waals surface area contributed by atoms with Crippen LogP contribution in [0.15, 0.2) is 12.4 Å². The maximum atomic E-state index is 6.06. The molecule has 1 fully saturated rings. The molecule has 2 aromatic rings. The third-order valence-corrected chi connectivity index (χ3v) is 3.36. The van der Waals surface area contributed by atoms with E-state index in [0.29, 0.717) is 11.7 Å². The molecule has 0 bridgehead atoms. The van der Waals surface area contributed by atoms with Crippen LogP contribution in [0.1, 0.15) is 12.6 Å². The van der Waals surface area contributed by atoms with E-state index in [1.54, 1.807) is 4.52 Å². The van der Waals surface area contributed by atoms with Crippen molar-refractivity contribution in [3.05, 3.63) is 18.1 Å². The van der Waals surface area contributed by atoms with E-state index >= 15 is 0 Å². The minimum atomic E-state index is 0.224. The summed E-state index contributed by atoms with van der Waals surface area (Å²) in [5, 5.41) is 4.22. The van der Waals surface area contributed by atoms with Crippen molar-refractivity contribution >= 4 is 11.6 Å². The van der Waals surface area contributed by atoms with Crippen LogP contribution in [0.25, 0.3) is 5.78 Å². The van der Waals surface area contributed by atoms with Crippen molar-refractivity contribution in [1.29, 1.82) is 0 Å². The van der Waals surface area contributed by atoms with E-state index in [1.165, 1.54) is 6.33 Å². The van der Waals surface area contributed by atoms with Gasteiger partial charge in [0.25, 0.3) is 5.78 Å². The summed E-state index contributed by atoms with van der Waals surface area (Å²) >= 11 is 0. The lowest BCUT2D eigenvalue weighted by atomic mass is 10.1. The SMILES string of the molecule is Cc1cc(N2CC(C)C(N)C2)n2ncnc2n1. The normalized spacial score (nSPS) is 24.8. The molecule has 1 aliphatic rings. The lowest BCUT2D eigenvalue weighted by molar-refractivity contribution is 0.565. The molecular weight excluding hydrogens is 216 g/mol. The highest BCUT2D eigenvalue weighted by Gasteiger charge is 2.28. The van der Waals surface area contributed by atoms with Gasteiger partial charge < -0.3 is 10.6 Å². The van der Waals surface area contributed by atoms with Gasteiger partial charge in [-0.3, -0.25) is 0 Å². The molecule has 0 amide bonds. The maximum Gasteiger partial charge on any atom is 0.254 e. The fourth-order valence-electron chi connectivity index (χ4n) is 2.32. The van der Waals surface area contributed by atoms with Gasteiger partial charge in [0.1, 0.15) is 12.1 Å². The highest BCUT2D eigenvalue weighted by Crippen LogP contribution is 2.23. The first kappa shape index (κ1) is 10.5. The summed E-state index contributed by atoms with van der Waals surface area (Å²) in [7, 11) is 0. The van der Waals surface area contributed by atoms with Gasteiger partial charge in [0, 0.05) is 30.9 Å². The second kappa shape index (κ2) is 3.66. The third-order valence-electron chi connectivity index (χ3n) is 3.36. The Morgan fingerprint density at radius 3 is 2.94 bits per heavy atom. The van der Waals surface area contributed by atoms with Crippen LogP contribution < -0.4 is 10.6 Å². The zero-order valence-electron chi connectivity index (χ0n) is 10.0. The molecule has 0 saturated carbocycles. The monoisotopic (exact) mass is 232 g/mol. The third kappa shape index (κ3) is 1.64. The van der Waals surface area contributed by atoms with Gasteiger partial charge in [-0.25, -0.2) is 4.98 Å². The molecule has 0 radical (unpaired) electrons. The predicted octanol–water partition coefficient (Wildman–Crippen LogP) is 0.216. The van der Waals surface area contributed by atoms with Crippen LogP contribution in [0.2, 0.25) is 0 Å². The average Bonchev–Trinajstić information content (AvgIpc) is 2.85. The van der Waals surface area contributed by atoms with Gasteiger partial charge in [-0.2, -0.15) is 14.6 Å².